The van der Waals surface area contributed by atoms with Crippen molar-refractivity contribution < 1.29 is 13.5 Å². The summed E-state index contributed by atoms with van der Waals surface area (Å²) in [5.74, 6) is 0. The van der Waals surface area contributed by atoms with Gasteiger partial charge in [-0.2, -0.15) is 9.57 Å². The molecule has 0 radical (unpaired) electrons. The summed E-state index contributed by atoms with van der Waals surface area (Å²) in [6.45, 7) is 2.81. The van der Waals surface area contributed by atoms with E-state index >= 15 is 0 Å². The number of aliphatic hydroxyl groups excluding tert-OH is 1. The van der Waals surface area contributed by atoms with Gasteiger partial charge in [0.1, 0.15) is 6.07 Å². The highest BCUT2D eigenvalue weighted by atomic mass is 32.2. The maximum atomic E-state index is 12.7. The number of β-amino-alcohol motifs (C(OH)–C–C–N with tert-alkyl or cyclic N) is 1. The van der Waals surface area contributed by atoms with Crippen LogP contribution in [-0.2, 0) is 10.0 Å². The largest absolute Gasteiger partial charge is 0.395 e. The van der Waals surface area contributed by atoms with Gasteiger partial charge in [0.15, 0.2) is 0 Å². The second-order valence-corrected chi connectivity index (χ2v) is 6.84. The Hall–Kier alpha value is -1.46. The van der Waals surface area contributed by atoms with Gasteiger partial charge < -0.3 is 5.11 Å². The average molecular weight is 309 g/mol. The molecule has 1 aromatic rings. The van der Waals surface area contributed by atoms with E-state index in [1.165, 1.54) is 16.4 Å². The monoisotopic (exact) mass is 309 g/mol. The third kappa shape index (κ3) is 3.60. The lowest BCUT2D eigenvalue weighted by molar-refractivity contribution is 0.202. The first-order chi connectivity index (χ1) is 10.1. The molecule has 1 saturated heterocycles. The SMILES string of the molecule is N#Cc1ccccc1S(=O)(=O)N1CCCN(CCO)CC1. The molecule has 1 aliphatic heterocycles. The van der Waals surface area contributed by atoms with Gasteiger partial charge in [0.25, 0.3) is 0 Å². The maximum Gasteiger partial charge on any atom is 0.244 e. The van der Waals surface area contributed by atoms with E-state index < -0.39 is 10.0 Å². The Labute approximate surface area is 125 Å². The van der Waals surface area contributed by atoms with Crippen molar-refractivity contribution >= 4 is 10.0 Å². The van der Waals surface area contributed by atoms with E-state index in [1.807, 2.05) is 11.0 Å². The van der Waals surface area contributed by atoms with E-state index in [4.69, 9.17) is 10.4 Å². The molecule has 0 atom stereocenters. The van der Waals surface area contributed by atoms with Gasteiger partial charge in [-0.3, -0.25) is 4.90 Å². The van der Waals surface area contributed by atoms with Gasteiger partial charge in [-0.1, -0.05) is 12.1 Å². The van der Waals surface area contributed by atoms with Gasteiger partial charge in [-0.05, 0) is 25.1 Å². The van der Waals surface area contributed by atoms with Crippen molar-refractivity contribution in [1.29, 1.82) is 5.26 Å². The molecule has 0 saturated carbocycles. The molecule has 0 bridgehead atoms. The first-order valence-electron chi connectivity index (χ1n) is 6.92. The van der Waals surface area contributed by atoms with Crippen LogP contribution in [0.15, 0.2) is 29.2 Å². The van der Waals surface area contributed by atoms with Crippen LogP contribution in [-0.4, -0.2) is 62.1 Å². The molecular weight excluding hydrogens is 290 g/mol. The third-order valence-corrected chi connectivity index (χ3v) is 5.55. The van der Waals surface area contributed by atoms with Crippen molar-refractivity contribution in [1.82, 2.24) is 9.21 Å². The Morgan fingerprint density at radius 2 is 1.95 bits per heavy atom. The molecule has 6 nitrogen and oxygen atoms in total. The first-order valence-corrected chi connectivity index (χ1v) is 8.36. The van der Waals surface area contributed by atoms with E-state index in [1.54, 1.807) is 12.1 Å². The molecule has 0 amide bonds. The van der Waals surface area contributed by atoms with Crippen LogP contribution in [0.25, 0.3) is 0 Å². The Kier molecular flexibility index (Phi) is 5.31. The number of hydrogen-bond donors (Lipinski definition) is 1. The summed E-state index contributed by atoms with van der Waals surface area (Å²) in [5.41, 5.74) is 0.175. The second kappa shape index (κ2) is 7.00. The fourth-order valence-electron chi connectivity index (χ4n) is 2.48. The highest BCUT2D eigenvalue weighted by Gasteiger charge is 2.28. The predicted octanol–water partition coefficient (Wildman–Crippen LogP) is 0.247. The van der Waals surface area contributed by atoms with Gasteiger partial charge in [0.2, 0.25) is 10.0 Å². The van der Waals surface area contributed by atoms with E-state index in [2.05, 4.69) is 0 Å². The summed E-state index contributed by atoms with van der Waals surface area (Å²) in [5, 5.41) is 18.1. The third-order valence-electron chi connectivity index (χ3n) is 3.59. The molecule has 1 N–H and O–H groups in total. The van der Waals surface area contributed by atoms with E-state index in [-0.39, 0.29) is 17.1 Å². The molecule has 1 aromatic carbocycles. The zero-order chi connectivity index (χ0) is 15.3. The summed E-state index contributed by atoms with van der Waals surface area (Å²) in [4.78, 5) is 2.12. The molecule has 1 heterocycles. The summed E-state index contributed by atoms with van der Waals surface area (Å²) in [6.07, 6.45) is 0.716. The molecular formula is C14H19N3O3S. The smallest absolute Gasteiger partial charge is 0.244 e. The summed E-state index contributed by atoms with van der Waals surface area (Å²) < 4.78 is 26.8. The van der Waals surface area contributed by atoms with Crippen LogP contribution in [0.3, 0.4) is 0 Å². The van der Waals surface area contributed by atoms with Crippen LogP contribution in [0.4, 0.5) is 0 Å². The Balaban J connectivity index is 2.22. The minimum Gasteiger partial charge on any atom is -0.395 e. The van der Waals surface area contributed by atoms with Crippen molar-refractivity contribution in [3.05, 3.63) is 29.8 Å². The molecule has 0 aliphatic carbocycles. The highest BCUT2D eigenvalue weighted by molar-refractivity contribution is 7.89. The number of hydrogen-bond acceptors (Lipinski definition) is 5. The van der Waals surface area contributed by atoms with Crippen LogP contribution in [0.2, 0.25) is 0 Å². The lowest BCUT2D eigenvalue weighted by Gasteiger charge is -2.21. The van der Waals surface area contributed by atoms with E-state index in [0.717, 1.165) is 6.54 Å². The number of rotatable bonds is 4. The predicted molar refractivity (Wildman–Crippen MR) is 78.1 cm³/mol. The molecule has 7 heteroatoms. The molecule has 2 rings (SSSR count). The molecule has 1 aliphatic rings. The lowest BCUT2D eigenvalue weighted by Crippen LogP contribution is -2.36. The first kappa shape index (κ1) is 15.9. The molecule has 0 unspecified atom stereocenters. The second-order valence-electron chi connectivity index (χ2n) is 4.93. The van der Waals surface area contributed by atoms with Crippen molar-refractivity contribution in [2.45, 2.75) is 11.3 Å². The van der Waals surface area contributed by atoms with Gasteiger partial charge in [0.05, 0.1) is 17.1 Å². The number of aliphatic hydroxyl groups is 1. The van der Waals surface area contributed by atoms with Gasteiger partial charge in [-0.15, -0.1) is 0 Å². The van der Waals surface area contributed by atoms with Crippen LogP contribution in [0.1, 0.15) is 12.0 Å². The molecule has 1 fully saturated rings. The lowest BCUT2D eigenvalue weighted by atomic mass is 10.2. The maximum absolute atomic E-state index is 12.7. The van der Waals surface area contributed by atoms with Gasteiger partial charge in [-0.25, -0.2) is 8.42 Å². The number of benzene rings is 1. The Morgan fingerprint density at radius 3 is 2.67 bits per heavy atom. The Bertz CT molecular complexity index is 625. The fourth-order valence-corrected chi connectivity index (χ4v) is 4.09. The van der Waals surface area contributed by atoms with E-state index in [9.17, 15) is 8.42 Å². The van der Waals surface area contributed by atoms with Crippen LogP contribution < -0.4 is 0 Å². The highest BCUT2D eigenvalue weighted by Crippen LogP contribution is 2.21. The molecule has 21 heavy (non-hydrogen) atoms. The topological polar surface area (TPSA) is 84.6 Å². The minimum absolute atomic E-state index is 0.0723. The zero-order valence-electron chi connectivity index (χ0n) is 11.8. The minimum atomic E-state index is -3.64. The Morgan fingerprint density at radius 1 is 1.19 bits per heavy atom. The fraction of sp³-hybridized carbons (Fsp3) is 0.500. The molecule has 0 spiro atoms. The number of nitrogens with zero attached hydrogens (tertiary/aromatic N) is 3. The summed E-state index contributed by atoms with van der Waals surface area (Å²) >= 11 is 0. The molecule has 114 valence electrons. The quantitative estimate of drug-likeness (QED) is 0.861. The number of nitriles is 1. The van der Waals surface area contributed by atoms with Crippen LogP contribution in [0, 0.1) is 11.3 Å². The summed E-state index contributed by atoms with van der Waals surface area (Å²) in [7, 11) is -3.64. The number of sulfonamides is 1. The normalized spacial score (nSPS) is 18.1. The van der Waals surface area contributed by atoms with Crippen molar-refractivity contribution in [2.75, 3.05) is 39.3 Å². The van der Waals surface area contributed by atoms with Gasteiger partial charge >= 0.3 is 0 Å². The van der Waals surface area contributed by atoms with Crippen molar-refractivity contribution in [3.8, 4) is 6.07 Å². The standard InChI is InChI=1S/C14H19N3O3S/c15-12-13-4-1-2-5-14(13)21(19,20)17-7-3-6-16(8-9-17)10-11-18/h1-2,4-5,18H,3,6-11H2. The molecule has 0 aromatic heterocycles. The van der Waals surface area contributed by atoms with Crippen LogP contribution in [0.5, 0.6) is 0 Å². The van der Waals surface area contributed by atoms with E-state index in [0.29, 0.717) is 32.6 Å². The summed E-state index contributed by atoms with van der Waals surface area (Å²) in [6, 6.07) is 8.21. The van der Waals surface area contributed by atoms with Gasteiger partial charge in [0, 0.05) is 26.2 Å². The van der Waals surface area contributed by atoms with Crippen molar-refractivity contribution in [3.63, 3.8) is 0 Å². The zero-order valence-corrected chi connectivity index (χ0v) is 12.6. The van der Waals surface area contributed by atoms with Crippen LogP contribution >= 0.6 is 0 Å². The van der Waals surface area contributed by atoms with Crippen molar-refractivity contribution in [2.24, 2.45) is 0 Å². The average Bonchev–Trinajstić information content (AvgIpc) is 2.74.